The van der Waals surface area contributed by atoms with E-state index in [1.807, 2.05) is 0 Å². The van der Waals surface area contributed by atoms with E-state index in [0.29, 0.717) is 5.92 Å². The van der Waals surface area contributed by atoms with E-state index in [0.717, 1.165) is 0 Å². The molecule has 0 spiro atoms. The average Bonchev–Trinajstić information content (AvgIpc) is 2.55. The molecule has 0 N–H and O–H groups in total. The summed E-state index contributed by atoms with van der Waals surface area (Å²) in [4.78, 5) is 0. The summed E-state index contributed by atoms with van der Waals surface area (Å²) >= 11 is 0. The van der Waals surface area contributed by atoms with E-state index in [1.165, 1.54) is 33.4 Å². The predicted molar refractivity (Wildman–Crippen MR) is 96.1 cm³/mol. The molecule has 0 aliphatic carbocycles. The van der Waals surface area contributed by atoms with Crippen LogP contribution in [0.5, 0.6) is 0 Å². The lowest BCUT2D eigenvalue weighted by Gasteiger charge is -2.14. The van der Waals surface area contributed by atoms with Crippen molar-refractivity contribution in [3.05, 3.63) is 83.9 Å². The minimum atomic E-state index is 0.569. The molecule has 3 aromatic rings. The zero-order chi connectivity index (χ0) is 15.5. The summed E-state index contributed by atoms with van der Waals surface area (Å²) in [6.07, 6.45) is 0. The largest absolute Gasteiger partial charge is 0.0622 e. The van der Waals surface area contributed by atoms with Gasteiger partial charge in [-0.2, -0.15) is 0 Å². The van der Waals surface area contributed by atoms with Crippen LogP contribution in [0, 0.1) is 6.92 Å². The van der Waals surface area contributed by atoms with Gasteiger partial charge >= 0.3 is 0 Å². The van der Waals surface area contributed by atoms with E-state index in [4.69, 9.17) is 0 Å². The Labute approximate surface area is 133 Å². The fourth-order valence-corrected chi connectivity index (χ4v) is 2.94. The maximum atomic E-state index is 2.25. The Morgan fingerprint density at radius 3 is 1.95 bits per heavy atom. The van der Waals surface area contributed by atoms with Gasteiger partial charge in [-0.1, -0.05) is 86.6 Å². The molecule has 0 bridgehead atoms. The van der Waals surface area contributed by atoms with E-state index in [1.54, 1.807) is 0 Å². The Morgan fingerprint density at radius 1 is 0.636 bits per heavy atom. The SMILES string of the molecule is Cc1cccc(-c2ccccc2)c1-c1ccc(C(C)C)cc1. The highest BCUT2D eigenvalue weighted by Gasteiger charge is 2.10. The van der Waals surface area contributed by atoms with Crippen LogP contribution in [-0.4, -0.2) is 0 Å². The Bertz CT molecular complexity index is 750. The molecule has 0 aliphatic rings. The van der Waals surface area contributed by atoms with Crippen molar-refractivity contribution in [3.63, 3.8) is 0 Å². The first kappa shape index (κ1) is 14.6. The zero-order valence-electron chi connectivity index (χ0n) is 13.5. The van der Waals surface area contributed by atoms with Gasteiger partial charge in [-0.05, 0) is 46.2 Å². The van der Waals surface area contributed by atoms with Gasteiger partial charge < -0.3 is 0 Å². The fraction of sp³-hybridized carbons (Fsp3) is 0.182. The minimum Gasteiger partial charge on any atom is -0.0622 e. The first-order chi connectivity index (χ1) is 10.7. The van der Waals surface area contributed by atoms with E-state index in [2.05, 4.69) is 93.6 Å². The van der Waals surface area contributed by atoms with E-state index >= 15 is 0 Å². The van der Waals surface area contributed by atoms with Crippen LogP contribution in [0.3, 0.4) is 0 Å². The molecule has 0 heteroatoms. The summed E-state index contributed by atoms with van der Waals surface area (Å²) in [5.74, 6) is 0.569. The van der Waals surface area contributed by atoms with Crippen molar-refractivity contribution in [1.82, 2.24) is 0 Å². The van der Waals surface area contributed by atoms with Crippen LogP contribution in [0.25, 0.3) is 22.3 Å². The van der Waals surface area contributed by atoms with Gasteiger partial charge in [0, 0.05) is 0 Å². The van der Waals surface area contributed by atoms with Crippen LogP contribution in [0.4, 0.5) is 0 Å². The van der Waals surface area contributed by atoms with Gasteiger partial charge in [0.25, 0.3) is 0 Å². The van der Waals surface area contributed by atoms with Crippen molar-refractivity contribution in [2.45, 2.75) is 26.7 Å². The number of hydrogen-bond donors (Lipinski definition) is 0. The van der Waals surface area contributed by atoms with Gasteiger partial charge in [-0.25, -0.2) is 0 Å². The van der Waals surface area contributed by atoms with Gasteiger partial charge in [0.2, 0.25) is 0 Å². The standard InChI is InChI=1S/C22H22/c1-16(2)18-12-14-20(15-13-18)22-17(3)8-7-11-21(22)19-9-5-4-6-10-19/h4-16H,1-3H3. The third kappa shape index (κ3) is 2.82. The number of benzene rings is 3. The first-order valence-corrected chi connectivity index (χ1v) is 7.92. The first-order valence-electron chi connectivity index (χ1n) is 7.92. The quantitative estimate of drug-likeness (QED) is 0.519. The van der Waals surface area contributed by atoms with Crippen LogP contribution in [-0.2, 0) is 0 Å². The number of rotatable bonds is 3. The molecule has 0 saturated heterocycles. The molecule has 0 nitrogen and oxygen atoms in total. The number of hydrogen-bond acceptors (Lipinski definition) is 0. The van der Waals surface area contributed by atoms with Crippen molar-refractivity contribution in [3.8, 4) is 22.3 Å². The summed E-state index contributed by atoms with van der Waals surface area (Å²) in [5, 5.41) is 0. The zero-order valence-corrected chi connectivity index (χ0v) is 13.5. The van der Waals surface area contributed by atoms with Crippen molar-refractivity contribution in [2.24, 2.45) is 0 Å². The van der Waals surface area contributed by atoms with Crippen molar-refractivity contribution in [2.75, 3.05) is 0 Å². The van der Waals surface area contributed by atoms with Gasteiger partial charge in [0.15, 0.2) is 0 Å². The average molecular weight is 286 g/mol. The Morgan fingerprint density at radius 2 is 1.32 bits per heavy atom. The molecule has 0 saturated carbocycles. The molecule has 0 radical (unpaired) electrons. The smallest absolute Gasteiger partial charge is 0.00761 e. The Balaban J connectivity index is 2.14. The van der Waals surface area contributed by atoms with Crippen LogP contribution < -0.4 is 0 Å². The summed E-state index contributed by atoms with van der Waals surface area (Å²) in [5.41, 5.74) is 7.91. The van der Waals surface area contributed by atoms with E-state index in [-0.39, 0.29) is 0 Å². The summed E-state index contributed by atoms with van der Waals surface area (Å²) in [6.45, 7) is 6.66. The van der Waals surface area contributed by atoms with Crippen LogP contribution in [0.2, 0.25) is 0 Å². The molecule has 0 heterocycles. The molecule has 0 amide bonds. The summed E-state index contributed by atoms with van der Waals surface area (Å²) in [7, 11) is 0. The fourth-order valence-electron chi connectivity index (χ4n) is 2.94. The van der Waals surface area contributed by atoms with Gasteiger partial charge in [0.1, 0.15) is 0 Å². The van der Waals surface area contributed by atoms with Gasteiger partial charge in [-0.3, -0.25) is 0 Å². The molecule has 0 aromatic heterocycles. The van der Waals surface area contributed by atoms with E-state index < -0.39 is 0 Å². The molecule has 0 aliphatic heterocycles. The van der Waals surface area contributed by atoms with Crippen molar-refractivity contribution < 1.29 is 0 Å². The normalized spacial score (nSPS) is 10.9. The highest BCUT2D eigenvalue weighted by molar-refractivity contribution is 5.85. The molecular weight excluding hydrogens is 264 g/mol. The molecule has 0 unspecified atom stereocenters. The third-order valence-electron chi connectivity index (χ3n) is 4.22. The molecule has 22 heavy (non-hydrogen) atoms. The predicted octanol–water partition coefficient (Wildman–Crippen LogP) is 6.45. The van der Waals surface area contributed by atoms with Crippen LogP contribution >= 0.6 is 0 Å². The second-order valence-electron chi connectivity index (χ2n) is 6.14. The van der Waals surface area contributed by atoms with Crippen LogP contribution in [0.1, 0.15) is 30.9 Å². The topological polar surface area (TPSA) is 0 Å². The lowest BCUT2D eigenvalue weighted by atomic mass is 9.90. The third-order valence-corrected chi connectivity index (χ3v) is 4.22. The van der Waals surface area contributed by atoms with Crippen molar-refractivity contribution in [1.29, 1.82) is 0 Å². The molecule has 0 fully saturated rings. The Kier molecular flexibility index (Phi) is 4.11. The molecule has 3 rings (SSSR count). The minimum absolute atomic E-state index is 0.569. The maximum absolute atomic E-state index is 2.25. The second-order valence-corrected chi connectivity index (χ2v) is 6.14. The maximum Gasteiger partial charge on any atom is -0.00761 e. The molecule has 0 atom stereocenters. The summed E-state index contributed by atoms with van der Waals surface area (Å²) < 4.78 is 0. The number of aryl methyl sites for hydroxylation is 1. The molecular formula is C22H22. The second kappa shape index (κ2) is 6.19. The summed E-state index contributed by atoms with van der Waals surface area (Å²) in [6, 6.07) is 26.2. The lowest BCUT2D eigenvalue weighted by Crippen LogP contribution is -1.91. The van der Waals surface area contributed by atoms with Crippen molar-refractivity contribution >= 4 is 0 Å². The lowest BCUT2D eigenvalue weighted by molar-refractivity contribution is 0.867. The molecule has 110 valence electrons. The van der Waals surface area contributed by atoms with Gasteiger partial charge in [0.05, 0.1) is 0 Å². The monoisotopic (exact) mass is 286 g/mol. The Hall–Kier alpha value is -2.34. The van der Waals surface area contributed by atoms with Gasteiger partial charge in [-0.15, -0.1) is 0 Å². The van der Waals surface area contributed by atoms with Crippen LogP contribution in [0.15, 0.2) is 72.8 Å². The van der Waals surface area contributed by atoms with E-state index in [9.17, 15) is 0 Å². The molecule has 3 aromatic carbocycles. The highest BCUT2D eigenvalue weighted by atomic mass is 14.1. The highest BCUT2D eigenvalue weighted by Crippen LogP contribution is 2.35.